The van der Waals surface area contributed by atoms with Gasteiger partial charge in [0.2, 0.25) is 5.88 Å². The van der Waals surface area contributed by atoms with Crippen molar-refractivity contribution < 1.29 is 14.6 Å². The van der Waals surface area contributed by atoms with E-state index in [9.17, 15) is 9.90 Å². The molecule has 0 aliphatic carbocycles. The zero-order chi connectivity index (χ0) is 16.8. The third-order valence-corrected chi connectivity index (χ3v) is 3.90. The van der Waals surface area contributed by atoms with Crippen molar-refractivity contribution in [2.45, 2.75) is 12.5 Å². The molecule has 0 spiro atoms. The van der Waals surface area contributed by atoms with Gasteiger partial charge in [-0.3, -0.25) is 4.79 Å². The number of pyridine rings is 1. The van der Waals surface area contributed by atoms with Crippen LogP contribution in [0.5, 0.6) is 5.88 Å². The molecule has 1 heterocycles. The van der Waals surface area contributed by atoms with Crippen molar-refractivity contribution in [2.75, 3.05) is 13.7 Å². The van der Waals surface area contributed by atoms with Gasteiger partial charge in [-0.1, -0.05) is 23.7 Å². The molecule has 0 aliphatic rings. The van der Waals surface area contributed by atoms with Gasteiger partial charge >= 0.3 is 0 Å². The van der Waals surface area contributed by atoms with Gasteiger partial charge in [0.25, 0.3) is 5.91 Å². The lowest BCUT2D eigenvalue weighted by Gasteiger charge is -2.12. The molecular formula is C16H16BrClN2O3. The highest BCUT2D eigenvalue weighted by Crippen LogP contribution is 2.21. The molecule has 1 aromatic carbocycles. The zero-order valence-electron chi connectivity index (χ0n) is 12.4. The number of benzene rings is 1. The van der Waals surface area contributed by atoms with E-state index in [4.69, 9.17) is 16.3 Å². The van der Waals surface area contributed by atoms with Crippen molar-refractivity contribution in [3.05, 3.63) is 57.2 Å². The van der Waals surface area contributed by atoms with Crippen molar-refractivity contribution in [3.8, 4) is 5.88 Å². The van der Waals surface area contributed by atoms with Gasteiger partial charge in [0, 0.05) is 22.2 Å². The third-order valence-electron chi connectivity index (χ3n) is 3.21. The summed E-state index contributed by atoms with van der Waals surface area (Å²) in [5, 5.41) is 13.5. The van der Waals surface area contributed by atoms with Gasteiger partial charge in [0.05, 0.1) is 13.2 Å². The van der Waals surface area contributed by atoms with Crippen molar-refractivity contribution in [1.82, 2.24) is 10.3 Å². The normalized spacial score (nSPS) is 11.8. The van der Waals surface area contributed by atoms with Gasteiger partial charge < -0.3 is 15.2 Å². The van der Waals surface area contributed by atoms with Crippen LogP contribution in [0.1, 0.15) is 28.4 Å². The molecule has 0 radical (unpaired) electrons. The highest BCUT2D eigenvalue weighted by atomic mass is 79.9. The molecule has 122 valence electrons. The molecule has 2 rings (SSSR count). The minimum Gasteiger partial charge on any atom is -0.480 e. The first-order valence-electron chi connectivity index (χ1n) is 6.92. The number of rotatable bonds is 6. The van der Waals surface area contributed by atoms with Crippen molar-refractivity contribution in [3.63, 3.8) is 0 Å². The number of hydrogen-bond acceptors (Lipinski definition) is 4. The minimum atomic E-state index is -0.671. The summed E-state index contributed by atoms with van der Waals surface area (Å²) in [6.45, 7) is 0.318. The van der Waals surface area contributed by atoms with E-state index < -0.39 is 6.10 Å². The van der Waals surface area contributed by atoms with Crippen LogP contribution in [0.3, 0.4) is 0 Å². The summed E-state index contributed by atoms with van der Waals surface area (Å²) < 4.78 is 5.76. The summed E-state index contributed by atoms with van der Waals surface area (Å²) in [5.74, 6) is -0.0529. The molecule has 0 fully saturated rings. The fourth-order valence-electron chi connectivity index (χ4n) is 2.02. The van der Waals surface area contributed by atoms with Crippen LogP contribution in [0.25, 0.3) is 0 Å². The number of methoxy groups -OCH3 is 1. The predicted octanol–water partition coefficient (Wildman–Crippen LogP) is 3.36. The summed E-state index contributed by atoms with van der Waals surface area (Å²) in [6.07, 6.45) is 1.27. The van der Waals surface area contributed by atoms with E-state index in [1.807, 2.05) is 0 Å². The highest BCUT2D eigenvalue weighted by molar-refractivity contribution is 9.10. The van der Waals surface area contributed by atoms with E-state index in [1.165, 1.54) is 7.11 Å². The Balaban J connectivity index is 1.92. The predicted molar refractivity (Wildman–Crippen MR) is 91.9 cm³/mol. The van der Waals surface area contributed by atoms with Crippen LogP contribution >= 0.6 is 27.5 Å². The lowest BCUT2D eigenvalue weighted by molar-refractivity contribution is 0.0939. The van der Waals surface area contributed by atoms with E-state index in [2.05, 4.69) is 26.2 Å². The van der Waals surface area contributed by atoms with Gasteiger partial charge in [-0.2, -0.15) is 0 Å². The second-order valence-corrected chi connectivity index (χ2v) is 6.17. The average Bonchev–Trinajstić information content (AvgIpc) is 2.55. The Morgan fingerprint density at radius 1 is 1.43 bits per heavy atom. The number of amides is 1. The van der Waals surface area contributed by atoms with Gasteiger partial charge in [-0.05, 0) is 46.1 Å². The average molecular weight is 400 g/mol. The van der Waals surface area contributed by atoms with Crippen molar-refractivity contribution in [2.24, 2.45) is 0 Å². The minimum absolute atomic E-state index is 0.254. The Labute approximate surface area is 147 Å². The Hall–Kier alpha value is -1.63. The summed E-state index contributed by atoms with van der Waals surface area (Å²) >= 11 is 9.08. The maximum atomic E-state index is 12.2. The van der Waals surface area contributed by atoms with Gasteiger partial charge in [0.1, 0.15) is 5.56 Å². The molecule has 1 atom stereocenters. The molecule has 0 saturated heterocycles. The molecule has 0 saturated carbocycles. The molecule has 7 heteroatoms. The second kappa shape index (κ2) is 8.29. The highest BCUT2D eigenvalue weighted by Gasteiger charge is 2.15. The number of aromatic nitrogens is 1. The smallest absolute Gasteiger partial charge is 0.256 e. The molecule has 5 nitrogen and oxygen atoms in total. The van der Waals surface area contributed by atoms with Crippen LogP contribution in [-0.4, -0.2) is 29.7 Å². The maximum Gasteiger partial charge on any atom is 0.256 e. The molecule has 2 aromatic rings. The molecule has 23 heavy (non-hydrogen) atoms. The molecule has 1 amide bonds. The van der Waals surface area contributed by atoms with Crippen LogP contribution in [0.4, 0.5) is 0 Å². The number of ether oxygens (including phenoxy) is 1. The molecule has 0 bridgehead atoms. The Bertz CT molecular complexity index is 680. The summed E-state index contributed by atoms with van der Waals surface area (Å²) in [6, 6.07) is 8.59. The van der Waals surface area contributed by atoms with Crippen molar-refractivity contribution >= 4 is 33.4 Å². The number of nitrogens with zero attached hydrogens (tertiary/aromatic N) is 1. The molecule has 0 aliphatic heterocycles. The van der Waals surface area contributed by atoms with E-state index >= 15 is 0 Å². The van der Waals surface area contributed by atoms with Crippen molar-refractivity contribution in [1.29, 1.82) is 0 Å². The molecule has 2 N–H and O–H groups in total. The lowest BCUT2D eigenvalue weighted by atomic mass is 10.1. The van der Waals surface area contributed by atoms with Crippen LogP contribution < -0.4 is 10.1 Å². The fraction of sp³-hybridized carbons (Fsp3) is 0.250. The standard InChI is InChI=1S/C16H16BrClN2O3/c1-23-16-13(8-11(17)9-20-16)15(22)19-7-6-14(21)10-2-4-12(18)5-3-10/h2-5,8-9,14,21H,6-7H2,1H3,(H,19,22). The summed E-state index contributed by atoms with van der Waals surface area (Å²) in [4.78, 5) is 16.2. The number of aliphatic hydroxyl groups is 1. The zero-order valence-corrected chi connectivity index (χ0v) is 14.8. The molecule has 1 aromatic heterocycles. The van der Waals surface area contributed by atoms with Gasteiger partial charge in [0.15, 0.2) is 0 Å². The van der Waals surface area contributed by atoms with E-state index in [0.717, 1.165) is 5.56 Å². The Morgan fingerprint density at radius 2 is 2.13 bits per heavy atom. The number of hydrogen-bond donors (Lipinski definition) is 2. The second-order valence-electron chi connectivity index (χ2n) is 4.82. The van der Waals surface area contributed by atoms with Gasteiger partial charge in [-0.15, -0.1) is 0 Å². The van der Waals surface area contributed by atoms with Crippen LogP contribution in [0.15, 0.2) is 41.0 Å². The quantitative estimate of drug-likeness (QED) is 0.781. The Kier molecular flexibility index (Phi) is 6.38. The van der Waals surface area contributed by atoms with E-state index in [0.29, 0.717) is 28.0 Å². The number of carbonyl (C=O) groups excluding carboxylic acids is 1. The summed E-state index contributed by atoms with van der Waals surface area (Å²) in [7, 11) is 1.46. The first kappa shape index (κ1) is 17.7. The first-order valence-corrected chi connectivity index (χ1v) is 8.09. The van der Waals surface area contributed by atoms with Gasteiger partial charge in [-0.25, -0.2) is 4.98 Å². The number of halogens is 2. The first-order chi connectivity index (χ1) is 11.0. The fourth-order valence-corrected chi connectivity index (χ4v) is 2.48. The van der Waals surface area contributed by atoms with Crippen LogP contribution in [0.2, 0.25) is 5.02 Å². The van der Waals surface area contributed by atoms with E-state index in [1.54, 1.807) is 36.5 Å². The van der Waals surface area contributed by atoms with Crippen LogP contribution in [-0.2, 0) is 0 Å². The van der Waals surface area contributed by atoms with Crippen LogP contribution in [0, 0.1) is 0 Å². The summed E-state index contributed by atoms with van der Waals surface area (Å²) in [5.41, 5.74) is 1.09. The molecule has 1 unspecified atom stereocenters. The number of aliphatic hydroxyl groups excluding tert-OH is 1. The number of carbonyl (C=O) groups is 1. The largest absolute Gasteiger partial charge is 0.480 e. The monoisotopic (exact) mass is 398 g/mol. The molecular weight excluding hydrogens is 384 g/mol. The maximum absolute atomic E-state index is 12.2. The van der Waals surface area contributed by atoms with E-state index in [-0.39, 0.29) is 11.8 Å². The Morgan fingerprint density at radius 3 is 2.78 bits per heavy atom. The number of nitrogens with one attached hydrogen (secondary N) is 1. The third kappa shape index (κ3) is 4.92. The topological polar surface area (TPSA) is 71.5 Å². The lowest BCUT2D eigenvalue weighted by Crippen LogP contribution is -2.26. The SMILES string of the molecule is COc1ncc(Br)cc1C(=O)NCCC(O)c1ccc(Cl)cc1.